The molecule has 114 valence electrons. The molecular formula is C18H32N2. The van der Waals surface area contributed by atoms with E-state index in [1.54, 1.807) is 0 Å². The van der Waals surface area contributed by atoms with Crippen LogP contribution in [0.2, 0.25) is 0 Å². The van der Waals surface area contributed by atoms with Gasteiger partial charge in [0.05, 0.1) is 0 Å². The fourth-order valence-electron chi connectivity index (χ4n) is 2.83. The first-order valence-corrected chi connectivity index (χ1v) is 7.61. The first-order valence-electron chi connectivity index (χ1n) is 7.61. The minimum Gasteiger partial charge on any atom is -0.319 e. The lowest BCUT2D eigenvalue weighted by atomic mass is 9.80. The molecular weight excluding hydrogens is 244 g/mol. The average molecular weight is 276 g/mol. The molecule has 2 atom stereocenters. The number of hydrogen-bond donors (Lipinski definition) is 1. The molecule has 2 nitrogen and oxygen atoms in total. The minimum absolute atomic E-state index is 0.129. The Hall–Kier alpha value is -0.860. The Balaban J connectivity index is 2.93. The molecule has 0 aliphatic rings. The number of rotatable bonds is 6. The summed E-state index contributed by atoms with van der Waals surface area (Å²) < 4.78 is 0. The maximum Gasteiger partial charge on any atom is 0.0176 e. The van der Waals surface area contributed by atoms with Crippen molar-refractivity contribution in [2.75, 3.05) is 27.2 Å². The number of nitrogens with one attached hydrogen (secondary N) is 1. The van der Waals surface area contributed by atoms with Crippen LogP contribution in [0.15, 0.2) is 30.3 Å². The molecule has 0 aliphatic carbocycles. The van der Waals surface area contributed by atoms with Gasteiger partial charge in [-0.3, -0.25) is 0 Å². The highest BCUT2D eigenvalue weighted by Crippen LogP contribution is 2.28. The monoisotopic (exact) mass is 276 g/mol. The Morgan fingerprint density at radius 3 is 2.10 bits per heavy atom. The number of benzene rings is 1. The van der Waals surface area contributed by atoms with E-state index in [1.807, 2.05) is 7.05 Å². The highest BCUT2D eigenvalue weighted by atomic mass is 15.1. The van der Waals surface area contributed by atoms with Crippen molar-refractivity contribution in [3.63, 3.8) is 0 Å². The van der Waals surface area contributed by atoms with Gasteiger partial charge < -0.3 is 10.2 Å². The lowest BCUT2D eigenvalue weighted by molar-refractivity contribution is 0.115. The highest BCUT2D eigenvalue weighted by Gasteiger charge is 2.32. The maximum absolute atomic E-state index is 3.36. The van der Waals surface area contributed by atoms with E-state index < -0.39 is 0 Å². The van der Waals surface area contributed by atoms with E-state index >= 15 is 0 Å². The van der Waals surface area contributed by atoms with Crippen LogP contribution < -0.4 is 5.32 Å². The molecule has 0 saturated carbocycles. The van der Waals surface area contributed by atoms with Crippen molar-refractivity contribution in [3.05, 3.63) is 35.9 Å². The summed E-state index contributed by atoms with van der Waals surface area (Å²) in [7, 11) is 4.28. The highest BCUT2D eigenvalue weighted by molar-refractivity contribution is 5.25. The fraction of sp³-hybridized carbons (Fsp3) is 0.667. The van der Waals surface area contributed by atoms with E-state index in [4.69, 9.17) is 0 Å². The smallest absolute Gasteiger partial charge is 0.0176 e. The van der Waals surface area contributed by atoms with Gasteiger partial charge in [0.1, 0.15) is 0 Å². The van der Waals surface area contributed by atoms with E-state index in [2.05, 4.69) is 82.2 Å². The van der Waals surface area contributed by atoms with E-state index in [9.17, 15) is 0 Å². The summed E-state index contributed by atoms with van der Waals surface area (Å²) in [6.45, 7) is 13.6. The second-order valence-corrected chi connectivity index (χ2v) is 7.41. The Morgan fingerprint density at radius 2 is 1.65 bits per heavy atom. The van der Waals surface area contributed by atoms with Gasteiger partial charge in [0.2, 0.25) is 0 Å². The molecule has 2 unspecified atom stereocenters. The van der Waals surface area contributed by atoms with E-state index in [0.29, 0.717) is 11.5 Å². The van der Waals surface area contributed by atoms with E-state index in [0.717, 1.165) is 13.1 Å². The van der Waals surface area contributed by atoms with Crippen molar-refractivity contribution < 1.29 is 0 Å². The number of nitrogens with zero attached hydrogens (tertiary/aromatic N) is 1. The molecule has 0 spiro atoms. The third-order valence-electron chi connectivity index (χ3n) is 4.55. The third-order valence-corrected chi connectivity index (χ3v) is 4.55. The van der Waals surface area contributed by atoms with Gasteiger partial charge in [0.15, 0.2) is 0 Å². The quantitative estimate of drug-likeness (QED) is 0.855. The van der Waals surface area contributed by atoms with Crippen LogP contribution in [-0.4, -0.2) is 38.1 Å². The summed E-state index contributed by atoms with van der Waals surface area (Å²) in [4.78, 5) is 2.49. The third kappa shape index (κ3) is 4.32. The molecule has 1 aromatic carbocycles. The molecule has 0 amide bonds. The molecule has 0 aromatic heterocycles. The van der Waals surface area contributed by atoms with E-state index in [1.165, 1.54) is 5.56 Å². The van der Waals surface area contributed by atoms with Crippen molar-refractivity contribution in [1.29, 1.82) is 0 Å². The van der Waals surface area contributed by atoms with Gasteiger partial charge in [-0.05, 0) is 32.0 Å². The summed E-state index contributed by atoms with van der Waals surface area (Å²) >= 11 is 0. The first kappa shape index (κ1) is 17.2. The normalized spacial score (nSPS) is 17.0. The van der Waals surface area contributed by atoms with E-state index in [-0.39, 0.29) is 5.41 Å². The molecule has 0 aliphatic heterocycles. The zero-order valence-corrected chi connectivity index (χ0v) is 14.3. The molecule has 1 rings (SSSR count). The Kier molecular flexibility index (Phi) is 5.79. The first-order chi connectivity index (χ1) is 9.20. The molecule has 0 fully saturated rings. The maximum atomic E-state index is 3.36. The van der Waals surface area contributed by atoms with Crippen molar-refractivity contribution in [3.8, 4) is 0 Å². The molecule has 1 N–H and O–H groups in total. The minimum atomic E-state index is 0.129. The lowest BCUT2D eigenvalue weighted by Gasteiger charge is -2.41. The molecule has 0 heterocycles. The molecule has 0 radical (unpaired) electrons. The Bertz CT molecular complexity index is 394. The largest absolute Gasteiger partial charge is 0.319 e. The number of hydrogen-bond acceptors (Lipinski definition) is 2. The van der Waals surface area contributed by atoms with Crippen molar-refractivity contribution in [1.82, 2.24) is 10.2 Å². The van der Waals surface area contributed by atoms with Crippen LogP contribution >= 0.6 is 0 Å². The number of likely N-dealkylation sites (N-methyl/N-ethyl adjacent to an activating group) is 2. The van der Waals surface area contributed by atoms with Crippen LogP contribution in [0.3, 0.4) is 0 Å². The van der Waals surface area contributed by atoms with Crippen LogP contribution in [0, 0.1) is 5.41 Å². The van der Waals surface area contributed by atoms with Gasteiger partial charge in [-0.2, -0.15) is 0 Å². The predicted octanol–water partition coefficient (Wildman–Crippen LogP) is 3.53. The Morgan fingerprint density at radius 1 is 1.10 bits per heavy atom. The Labute approximate surface area is 125 Å². The summed E-state index contributed by atoms with van der Waals surface area (Å²) in [6, 6.07) is 11.4. The van der Waals surface area contributed by atoms with Crippen LogP contribution in [0.25, 0.3) is 0 Å². The zero-order valence-electron chi connectivity index (χ0n) is 14.3. The fourth-order valence-corrected chi connectivity index (χ4v) is 2.83. The topological polar surface area (TPSA) is 15.3 Å². The second kappa shape index (κ2) is 6.73. The van der Waals surface area contributed by atoms with Gasteiger partial charge in [0.25, 0.3) is 0 Å². The van der Waals surface area contributed by atoms with Crippen LogP contribution in [0.1, 0.15) is 40.2 Å². The molecule has 2 heteroatoms. The van der Waals surface area contributed by atoms with Gasteiger partial charge in [-0.15, -0.1) is 0 Å². The van der Waals surface area contributed by atoms with Gasteiger partial charge >= 0.3 is 0 Å². The molecule has 0 bridgehead atoms. The predicted molar refractivity (Wildman–Crippen MR) is 89.3 cm³/mol. The van der Waals surface area contributed by atoms with Gasteiger partial charge in [0, 0.05) is 24.5 Å². The van der Waals surface area contributed by atoms with Crippen molar-refractivity contribution in [2.24, 2.45) is 5.41 Å². The molecule has 0 saturated heterocycles. The zero-order chi connectivity index (χ0) is 15.4. The molecule has 1 aromatic rings. The average Bonchev–Trinajstić information content (AvgIpc) is 2.38. The second-order valence-electron chi connectivity index (χ2n) is 7.41. The van der Waals surface area contributed by atoms with Crippen LogP contribution in [-0.2, 0) is 5.41 Å². The van der Waals surface area contributed by atoms with Crippen molar-refractivity contribution in [2.45, 2.75) is 46.1 Å². The van der Waals surface area contributed by atoms with Crippen LogP contribution in [0.5, 0.6) is 0 Å². The SMILES string of the molecule is CNCC(C)(CN(C)C(C)C(C)(C)C)c1ccccc1. The van der Waals surface area contributed by atoms with Gasteiger partial charge in [-0.25, -0.2) is 0 Å². The summed E-state index contributed by atoms with van der Waals surface area (Å²) in [5, 5.41) is 3.36. The molecule has 20 heavy (non-hydrogen) atoms. The summed E-state index contributed by atoms with van der Waals surface area (Å²) in [5.74, 6) is 0. The summed E-state index contributed by atoms with van der Waals surface area (Å²) in [6.07, 6.45) is 0. The van der Waals surface area contributed by atoms with Crippen LogP contribution in [0.4, 0.5) is 0 Å². The van der Waals surface area contributed by atoms with Crippen molar-refractivity contribution >= 4 is 0 Å². The van der Waals surface area contributed by atoms with Gasteiger partial charge in [-0.1, -0.05) is 58.0 Å². The lowest BCUT2D eigenvalue weighted by Crippen LogP contribution is -2.49. The standard InChI is InChI=1S/C18H32N2/c1-15(17(2,3)4)20(7)14-18(5,13-19-6)16-11-9-8-10-12-16/h8-12,15,19H,13-14H2,1-7H3. The summed E-state index contributed by atoms with van der Waals surface area (Å²) in [5.41, 5.74) is 1.83.